The molecule has 21 heavy (non-hydrogen) atoms. The fraction of sp³-hybridized carbons (Fsp3) is 0.647. The van der Waals surface area contributed by atoms with Gasteiger partial charge < -0.3 is 9.47 Å². The summed E-state index contributed by atoms with van der Waals surface area (Å²) in [6.07, 6.45) is 8.72. The highest BCUT2D eigenvalue weighted by Gasteiger charge is 2.25. The van der Waals surface area contributed by atoms with Crippen molar-refractivity contribution in [2.75, 3.05) is 14.2 Å². The highest BCUT2D eigenvalue weighted by Crippen LogP contribution is 2.42. The molecule has 2 nitrogen and oxygen atoms in total. The van der Waals surface area contributed by atoms with Crippen molar-refractivity contribution in [3.8, 4) is 11.5 Å². The van der Waals surface area contributed by atoms with Gasteiger partial charge in [0.1, 0.15) is 5.82 Å². The number of hydrogen-bond donors (Lipinski definition) is 0. The van der Waals surface area contributed by atoms with E-state index < -0.39 is 0 Å². The molecule has 118 valence electrons. The quantitative estimate of drug-likeness (QED) is 0.648. The highest BCUT2D eigenvalue weighted by molar-refractivity contribution is 9.09. The van der Waals surface area contributed by atoms with Gasteiger partial charge in [-0.15, -0.1) is 0 Å². The molecule has 0 radical (unpaired) electrons. The molecule has 1 unspecified atom stereocenters. The van der Waals surface area contributed by atoms with Gasteiger partial charge in [0, 0.05) is 16.5 Å². The van der Waals surface area contributed by atoms with Gasteiger partial charge in [-0.05, 0) is 24.8 Å². The van der Waals surface area contributed by atoms with Crippen molar-refractivity contribution in [3.05, 3.63) is 23.5 Å². The molecule has 0 aliphatic heterocycles. The average molecular weight is 359 g/mol. The lowest BCUT2D eigenvalue weighted by molar-refractivity contribution is 0.347. The van der Waals surface area contributed by atoms with Crippen molar-refractivity contribution in [1.82, 2.24) is 0 Å². The number of ether oxygens (including phenoxy) is 2. The summed E-state index contributed by atoms with van der Waals surface area (Å²) in [5.41, 5.74) is 0.679. The van der Waals surface area contributed by atoms with E-state index in [0.29, 0.717) is 23.0 Å². The summed E-state index contributed by atoms with van der Waals surface area (Å²) in [6, 6.07) is 3.19. The first-order valence-corrected chi connectivity index (χ1v) is 8.64. The molecule has 1 saturated carbocycles. The van der Waals surface area contributed by atoms with Gasteiger partial charge in [-0.2, -0.15) is 0 Å². The molecule has 0 heterocycles. The van der Waals surface area contributed by atoms with Gasteiger partial charge in [0.2, 0.25) is 0 Å². The van der Waals surface area contributed by atoms with E-state index in [0.717, 1.165) is 12.8 Å². The Morgan fingerprint density at radius 2 is 1.52 bits per heavy atom. The maximum atomic E-state index is 14.4. The summed E-state index contributed by atoms with van der Waals surface area (Å²) >= 11 is 3.73. The van der Waals surface area contributed by atoms with E-state index in [-0.39, 0.29) is 10.6 Å². The zero-order chi connectivity index (χ0) is 15.2. The van der Waals surface area contributed by atoms with E-state index in [4.69, 9.17) is 9.47 Å². The molecule has 0 bridgehead atoms. The van der Waals surface area contributed by atoms with Crippen molar-refractivity contribution in [3.63, 3.8) is 0 Å². The van der Waals surface area contributed by atoms with Crippen LogP contribution in [-0.4, -0.2) is 14.2 Å². The van der Waals surface area contributed by atoms with E-state index in [9.17, 15) is 4.39 Å². The van der Waals surface area contributed by atoms with Crippen molar-refractivity contribution in [2.45, 2.75) is 49.8 Å². The summed E-state index contributed by atoms with van der Waals surface area (Å²) in [5.74, 6) is 1.29. The fourth-order valence-corrected chi connectivity index (χ4v) is 4.00. The normalized spacial score (nSPS) is 18.7. The molecule has 2 rings (SSSR count). The Labute approximate surface area is 135 Å². The summed E-state index contributed by atoms with van der Waals surface area (Å²) in [5, 5.41) is 0. The van der Waals surface area contributed by atoms with Crippen molar-refractivity contribution in [1.29, 1.82) is 0 Å². The first-order valence-electron chi connectivity index (χ1n) is 7.73. The Balaban J connectivity index is 2.22. The Morgan fingerprint density at radius 3 is 2.10 bits per heavy atom. The van der Waals surface area contributed by atoms with Gasteiger partial charge >= 0.3 is 0 Å². The number of hydrogen-bond acceptors (Lipinski definition) is 2. The Bertz CT molecular complexity index is 456. The third-order valence-corrected chi connectivity index (χ3v) is 5.60. The predicted molar refractivity (Wildman–Crippen MR) is 87.0 cm³/mol. The second-order valence-electron chi connectivity index (χ2n) is 5.74. The molecule has 1 aromatic carbocycles. The third kappa shape index (κ3) is 4.12. The first-order chi connectivity index (χ1) is 10.2. The second-order valence-corrected chi connectivity index (χ2v) is 6.72. The van der Waals surface area contributed by atoms with Crippen LogP contribution >= 0.6 is 15.9 Å². The minimum Gasteiger partial charge on any atom is -0.493 e. The van der Waals surface area contributed by atoms with Gasteiger partial charge in [0.25, 0.3) is 0 Å². The van der Waals surface area contributed by atoms with E-state index in [1.54, 1.807) is 13.2 Å². The lowest BCUT2D eigenvalue weighted by Gasteiger charge is -2.25. The molecule has 1 aromatic rings. The topological polar surface area (TPSA) is 18.5 Å². The molecule has 0 saturated heterocycles. The van der Waals surface area contributed by atoms with Crippen LogP contribution in [-0.2, 0) is 0 Å². The summed E-state index contributed by atoms with van der Waals surface area (Å²) in [7, 11) is 3.11. The highest BCUT2D eigenvalue weighted by atomic mass is 79.9. The zero-order valence-electron chi connectivity index (χ0n) is 12.8. The van der Waals surface area contributed by atoms with Crippen molar-refractivity contribution in [2.24, 2.45) is 5.92 Å². The Hall–Kier alpha value is -0.770. The minimum absolute atomic E-state index is 0.0374. The fourth-order valence-electron chi connectivity index (χ4n) is 3.12. The zero-order valence-corrected chi connectivity index (χ0v) is 14.4. The molecular formula is C17H24BrFO2. The van der Waals surface area contributed by atoms with Gasteiger partial charge in [-0.1, -0.05) is 48.0 Å². The van der Waals surface area contributed by atoms with E-state index >= 15 is 0 Å². The molecule has 0 N–H and O–H groups in total. The van der Waals surface area contributed by atoms with Crippen LogP contribution in [0.15, 0.2) is 12.1 Å². The summed E-state index contributed by atoms with van der Waals surface area (Å²) in [4.78, 5) is 0.0374. The van der Waals surface area contributed by atoms with E-state index in [2.05, 4.69) is 15.9 Å². The summed E-state index contributed by atoms with van der Waals surface area (Å²) < 4.78 is 24.8. The van der Waals surface area contributed by atoms with Crippen LogP contribution in [0.4, 0.5) is 4.39 Å². The van der Waals surface area contributed by atoms with Crippen LogP contribution in [0.3, 0.4) is 0 Å². The van der Waals surface area contributed by atoms with Crippen molar-refractivity contribution >= 4 is 15.9 Å². The lowest BCUT2D eigenvalue weighted by Crippen LogP contribution is -2.11. The van der Waals surface area contributed by atoms with Gasteiger partial charge in [0.05, 0.1) is 14.2 Å². The number of methoxy groups -OCH3 is 2. The van der Waals surface area contributed by atoms with Crippen molar-refractivity contribution < 1.29 is 13.9 Å². The molecule has 0 aromatic heterocycles. The average Bonchev–Trinajstić information content (AvgIpc) is 2.46. The SMILES string of the molecule is COc1cc(F)c(C(Br)C2CCCCCCC2)cc1OC. The lowest BCUT2D eigenvalue weighted by atomic mass is 9.86. The number of halogens is 2. The molecule has 1 fully saturated rings. The van der Waals surface area contributed by atoms with Crippen LogP contribution in [0.5, 0.6) is 11.5 Å². The van der Waals surface area contributed by atoms with Gasteiger partial charge in [0.15, 0.2) is 11.5 Å². The molecule has 4 heteroatoms. The maximum Gasteiger partial charge on any atom is 0.163 e. The Kier molecular flexibility index (Phi) is 6.34. The van der Waals surface area contributed by atoms with Gasteiger partial charge in [-0.3, -0.25) is 0 Å². The van der Waals surface area contributed by atoms with Gasteiger partial charge in [-0.25, -0.2) is 4.39 Å². The number of rotatable bonds is 4. The monoisotopic (exact) mass is 358 g/mol. The molecule has 1 aliphatic rings. The molecule has 1 atom stereocenters. The smallest absolute Gasteiger partial charge is 0.163 e. The largest absolute Gasteiger partial charge is 0.493 e. The summed E-state index contributed by atoms with van der Waals surface area (Å²) in [6.45, 7) is 0. The van der Waals surface area contributed by atoms with Crippen LogP contribution in [0.1, 0.15) is 55.3 Å². The second kappa shape index (κ2) is 8.02. The number of benzene rings is 1. The van der Waals surface area contributed by atoms with E-state index in [1.807, 2.05) is 0 Å². The third-order valence-electron chi connectivity index (χ3n) is 4.36. The first kappa shape index (κ1) is 16.6. The molecule has 0 amide bonds. The molecule has 1 aliphatic carbocycles. The maximum absolute atomic E-state index is 14.4. The minimum atomic E-state index is -0.225. The Morgan fingerprint density at radius 1 is 1.00 bits per heavy atom. The molecular weight excluding hydrogens is 335 g/mol. The van der Waals surface area contributed by atoms with Crippen LogP contribution in [0, 0.1) is 11.7 Å². The number of alkyl halides is 1. The van der Waals surface area contributed by atoms with Crippen LogP contribution in [0.25, 0.3) is 0 Å². The van der Waals surface area contributed by atoms with E-state index in [1.165, 1.54) is 45.3 Å². The van der Waals surface area contributed by atoms with Crippen LogP contribution in [0.2, 0.25) is 0 Å². The predicted octanol–water partition coefficient (Wildman–Crippen LogP) is 5.64. The van der Waals surface area contributed by atoms with Crippen LogP contribution < -0.4 is 9.47 Å². The molecule has 0 spiro atoms. The standard InChI is InChI=1S/C17H24BrFO2/c1-20-15-10-13(14(19)11-16(15)21-2)17(18)12-8-6-4-3-5-7-9-12/h10-12,17H,3-9H2,1-2H3.